The van der Waals surface area contributed by atoms with Gasteiger partial charge in [-0.25, -0.2) is 9.59 Å². The lowest BCUT2D eigenvalue weighted by Crippen LogP contribution is -2.36. The minimum atomic E-state index is -0.808. The zero-order chi connectivity index (χ0) is 17.9. The molecule has 1 aliphatic rings. The van der Waals surface area contributed by atoms with Crippen LogP contribution in [0.1, 0.15) is 31.1 Å². The van der Waals surface area contributed by atoms with Gasteiger partial charge in [-0.05, 0) is 45.0 Å². The van der Waals surface area contributed by atoms with Crippen molar-refractivity contribution >= 4 is 12.1 Å². The highest BCUT2D eigenvalue weighted by Gasteiger charge is 2.37. The second-order valence-electron chi connectivity index (χ2n) is 6.62. The Hall–Kier alpha value is -2.28. The van der Waals surface area contributed by atoms with Crippen LogP contribution < -0.4 is 4.74 Å². The molecule has 1 N–H and O–H groups in total. The van der Waals surface area contributed by atoms with Crippen LogP contribution in [0.5, 0.6) is 5.75 Å². The van der Waals surface area contributed by atoms with Crippen molar-refractivity contribution in [3.05, 3.63) is 29.8 Å². The molecular formula is C17H23NO6. The molecule has 0 radical (unpaired) electrons. The molecule has 132 valence electrons. The van der Waals surface area contributed by atoms with Gasteiger partial charge in [-0.1, -0.05) is 0 Å². The van der Waals surface area contributed by atoms with Crippen molar-refractivity contribution in [3.8, 4) is 5.75 Å². The molecule has 2 atom stereocenters. The van der Waals surface area contributed by atoms with Gasteiger partial charge in [-0.3, -0.25) is 0 Å². The predicted octanol–water partition coefficient (Wildman–Crippen LogP) is 1.83. The van der Waals surface area contributed by atoms with Crippen LogP contribution in [-0.4, -0.2) is 60.1 Å². The van der Waals surface area contributed by atoms with Crippen molar-refractivity contribution in [3.63, 3.8) is 0 Å². The molecule has 1 aromatic carbocycles. The molecule has 0 spiro atoms. The molecule has 7 heteroatoms. The second-order valence-corrected chi connectivity index (χ2v) is 6.62. The molecule has 1 amide bonds. The van der Waals surface area contributed by atoms with Gasteiger partial charge in [0.05, 0.1) is 25.8 Å². The summed E-state index contributed by atoms with van der Waals surface area (Å²) in [6.45, 7) is 5.74. The number of ether oxygens (including phenoxy) is 3. The van der Waals surface area contributed by atoms with Gasteiger partial charge in [0, 0.05) is 0 Å². The summed E-state index contributed by atoms with van der Waals surface area (Å²) in [6.07, 6.45) is -1.84. The Labute approximate surface area is 141 Å². The van der Waals surface area contributed by atoms with Crippen molar-refractivity contribution in [1.82, 2.24) is 4.90 Å². The molecule has 0 bridgehead atoms. The van der Waals surface area contributed by atoms with E-state index in [9.17, 15) is 14.7 Å². The van der Waals surface area contributed by atoms with Crippen molar-refractivity contribution < 1.29 is 28.9 Å². The Balaban J connectivity index is 1.96. The quantitative estimate of drug-likeness (QED) is 0.847. The van der Waals surface area contributed by atoms with Gasteiger partial charge in [-0.15, -0.1) is 0 Å². The number of methoxy groups -OCH3 is 1. The van der Waals surface area contributed by atoms with E-state index in [1.165, 1.54) is 12.0 Å². The molecule has 0 aliphatic carbocycles. The van der Waals surface area contributed by atoms with Crippen LogP contribution in [0.4, 0.5) is 4.79 Å². The number of carbonyl (C=O) groups is 2. The molecule has 7 nitrogen and oxygen atoms in total. The van der Waals surface area contributed by atoms with Crippen molar-refractivity contribution in [2.45, 2.75) is 38.6 Å². The smallest absolute Gasteiger partial charge is 0.410 e. The number of aliphatic hydroxyl groups excluding tert-OH is 1. The maximum atomic E-state index is 12.0. The number of benzene rings is 1. The molecule has 0 saturated carbocycles. The number of hydrogen-bond donors (Lipinski definition) is 1. The number of hydrogen-bond acceptors (Lipinski definition) is 6. The first kappa shape index (κ1) is 18.1. The van der Waals surface area contributed by atoms with Gasteiger partial charge in [0.2, 0.25) is 0 Å². The standard InChI is InChI=1S/C17H23NO6/c1-17(2,3)24-16(21)18-9-13(19)14(10-18)23-12-7-5-11(6-8-12)15(20)22-4/h5-8,13-14,19H,9-10H2,1-4H3. The fraction of sp³-hybridized carbons (Fsp3) is 0.529. The summed E-state index contributed by atoms with van der Waals surface area (Å²) >= 11 is 0. The van der Waals surface area contributed by atoms with E-state index in [4.69, 9.17) is 9.47 Å². The zero-order valence-electron chi connectivity index (χ0n) is 14.3. The van der Waals surface area contributed by atoms with Gasteiger partial charge in [0.1, 0.15) is 23.6 Å². The van der Waals surface area contributed by atoms with Crippen LogP contribution in [0.15, 0.2) is 24.3 Å². The van der Waals surface area contributed by atoms with Crippen LogP contribution in [0.25, 0.3) is 0 Å². The molecule has 24 heavy (non-hydrogen) atoms. The lowest BCUT2D eigenvalue weighted by Gasteiger charge is -2.24. The minimum absolute atomic E-state index is 0.153. The van der Waals surface area contributed by atoms with E-state index in [0.717, 1.165) is 0 Å². The normalized spacial score (nSPS) is 20.6. The number of aliphatic hydroxyl groups is 1. The van der Waals surface area contributed by atoms with E-state index in [-0.39, 0.29) is 13.1 Å². The highest BCUT2D eigenvalue weighted by molar-refractivity contribution is 5.89. The van der Waals surface area contributed by atoms with Gasteiger partial charge < -0.3 is 24.2 Å². The first-order valence-corrected chi connectivity index (χ1v) is 7.70. The summed E-state index contributed by atoms with van der Waals surface area (Å²) in [5, 5.41) is 10.1. The van der Waals surface area contributed by atoms with Crippen LogP contribution in [0.3, 0.4) is 0 Å². The molecular weight excluding hydrogens is 314 g/mol. The van der Waals surface area contributed by atoms with E-state index < -0.39 is 29.9 Å². The highest BCUT2D eigenvalue weighted by Crippen LogP contribution is 2.21. The Morgan fingerprint density at radius 2 is 1.79 bits per heavy atom. The molecule has 1 aromatic rings. The summed E-state index contributed by atoms with van der Waals surface area (Å²) in [4.78, 5) is 24.9. The Morgan fingerprint density at radius 3 is 2.33 bits per heavy atom. The predicted molar refractivity (Wildman–Crippen MR) is 86.0 cm³/mol. The molecule has 1 fully saturated rings. The second kappa shape index (κ2) is 7.09. The van der Waals surface area contributed by atoms with E-state index in [1.807, 2.05) is 0 Å². The fourth-order valence-electron chi connectivity index (χ4n) is 2.31. The zero-order valence-corrected chi connectivity index (χ0v) is 14.3. The van der Waals surface area contributed by atoms with Crippen molar-refractivity contribution in [1.29, 1.82) is 0 Å². The first-order valence-electron chi connectivity index (χ1n) is 7.70. The number of nitrogens with zero attached hydrogens (tertiary/aromatic N) is 1. The summed E-state index contributed by atoms with van der Waals surface area (Å²) in [7, 11) is 1.31. The third kappa shape index (κ3) is 4.61. The van der Waals surface area contributed by atoms with Gasteiger partial charge >= 0.3 is 12.1 Å². The topological polar surface area (TPSA) is 85.3 Å². The van der Waals surface area contributed by atoms with Crippen LogP contribution in [0.2, 0.25) is 0 Å². The third-order valence-corrected chi connectivity index (χ3v) is 3.45. The summed E-state index contributed by atoms with van der Waals surface area (Å²) < 4.78 is 15.6. The number of carbonyl (C=O) groups excluding carboxylic acids is 2. The largest absolute Gasteiger partial charge is 0.486 e. The highest BCUT2D eigenvalue weighted by atomic mass is 16.6. The summed E-state index contributed by atoms with van der Waals surface area (Å²) in [5.74, 6) is 0.0660. The number of amides is 1. The Morgan fingerprint density at radius 1 is 1.17 bits per heavy atom. The maximum Gasteiger partial charge on any atom is 0.410 e. The number of rotatable bonds is 3. The molecule has 1 heterocycles. The van der Waals surface area contributed by atoms with E-state index in [1.54, 1.807) is 45.0 Å². The minimum Gasteiger partial charge on any atom is -0.486 e. The number of likely N-dealkylation sites (tertiary alicyclic amines) is 1. The van der Waals surface area contributed by atoms with Gasteiger partial charge in [-0.2, -0.15) is 0 Å². The fourth-order valence-corrected chi connectivity index (χ4v) is 2.31. The SMILES string of the molecule is COC(=O)c1ccc(OC2CN(C(=O)OC(C)(C)C)CC2O)cc1. The van der Waals surface area contributed by atoms with E-state index in [0.29, 0.717) is 11.3 Å². The van der Waals surface area contributed by atoms with Crippen molar-refractivity contribution in [2.24, 2.45) is 0 Å². The third-order valence-electron chi connectivity index (χ3n) is 3.45. The van der Waals surface area contributed by atoms with Gasteiger partial charge in [0.15, 0.2) is 0 Å². The summed E-state index contributed by atoms with van der Waals surface area (Å²) in [6, 6.07) is 6.40. The molecule has 1 aliphatic heterocycles. The maximum absolute atomic E-state index is 12.0. The Kier molecular flexibility index (Phi) is 5.33. The van der Waals surface area contributed by atoms with E-state index >= 15 is 0 Å². The lowest BCUT2D eigenvalue weighted by molar-refractivity contribution is 0.0268. The number of β-amino-alcohol motifs (C(OH)–C–C–N with tert-alkyl or cyclic N) is 1. The summed E-state index contributed by atoms with van der Waals surface area (Å²) in [5.41, 5.74) is -0.183. The van der Waals surface area contributed by atoms with Crippen molar-refractivity contribution in [2.75, 3.05) is 20.2 Å². The lowest BCUT2D eigenvalue weighted by atomic mass is 10.2. The number of esters is 1. The van der Waals surface area contributed by atoms with Gasteiger partial charge in [0.25, 0.3) is 0 Å². The van der Waals surface area contributed by atoms with Crippen LogP contribution in [0, 0.1) is 0 Å². The van der Waals surface area contributed by atoms with Crippen LogP contribution in [-0.2, 0) is 9.47 Å². The molecule has 2 rings (SSSR count). The molecule has 2 unspecified atom stereocenters. The monoisotopic (exact) mass is 337 g/mol. The van der Waals surface area contributed by atoms with E-state index in [2.05, 4.69) is 4.74 Å². The molecule has 1 saturated heterocycles. The Bertz CT molecular complexity index is 592. The average molecular weight is 337 g/mol. The average Bonchev–Trinajstić information content (AvgIpc) is 2.87. The first-order chi connectivity index (χ1) is 11.2. The molecule has 0 aromatic heterocycles. The van der Waals surface area contributed by atoms with Crippen LogP contribution >= 0.6 is 0 Å².